The van der Waals surface area contributed by atoms with Crippen LogP contribution in [0.5, 0.6) is 0 Å². The molecular weight excluding hydrogens is 344 g/mol. The fourth-order valence-corrected chi connectivity index (χ4v) is 4.53. The van der Waals surface area contributed by atoms with Gasteiger partial charge in [0, 0.05) is 32.1 Å². The lowest BCUT2D eigenvalue weighted by atomic mass is 10.0. The van der Waals surface area contributed by atoms with Crippen molar-refractivity contribution in [3.63, 3.8) is 0 Å². The smallest absolute Gasteiger partial charge is 0.252 e. The largest absolute Gasteiger partial charge is 0.357 e. The summed E-state index contributed by atoms with van der Waals surface area (Å²) in [6.45, 7) is 8.56. The summed E-state index contributed by atoms with van der Waals surface area (Å²) in [6, 6.07) is 3.48. The number of sulfonamides is 1. The van der Waals surface area contributed by atoms with Gasteiger partial charge in [0.25, 0.3) is 10.0 Å². The molecule has 0 fully saturated rings. The van der Waals surface area contributed by atoms with Crippen LogP contribution in [-0.4, -0.2) is 45.9 Å². The third kappa shape index (κ3) is 6.07. The Hall–Kier alpha value is -1.12. The van der Waals surface area contributed by atoms with Crippen molar-refractivity contribution in [1.82, 2.24) is 14.9 Å². The van der Waals surface area contributed by atoms with E-state index in [-0.39, 0.29) is 0 Å². The number of rotatable bonds is 9. The molecule has 0 atom stereocenters. The summed E-state index contributed by atoms with van der Waals surface area (Å²) in [5, 5.41) is 6.59. The van der Waals surface area contributed by atoms with Gasteiger partial charge in [-0.15, -0.1) is 11.3 Å². The Morgan fingerprint density at radius 1 is 1.21 bits per heavy atom. The zero-order valence-corrected chi connectivity index (χ0v) is 16.9. The normalized spacial score (nSPS) is 12.9. The van der Waals surface area contributed by atoms with Gasteiger partial charge in [0.15, 0.2) is 5.96 Å². The molecule has 1 rings (SSSR count). The molecule has 1 heterocycles. The van der Waals surface area contributed by atoms with Crippen molar-refractivity contribution in [2.45, 2.75) is 44.4 Å². The quantitative estimate of drug-likeness (QED) is 0.514. The molecular formula is C16H30N4O2S2. The van der Waals surface area contributed by atoms with E-state index in [2.05, 4.69) is 29.5 Å². The number of aliphatic imine (C=N–C) groups is 1. The van der Waals surface area contributed by atoms with E-state index in [0.717, 1.165) is 36.8 Å². The van der Waals surface area contributed by atoms with Crippen LogP contribution in [0.25, 0.3) is 0 Å². The lowest BCUT2D eigenvalue weighted by Gasteiger charge is -2.16. The van der Waals surface area contributed by atoms with Crippen molar-refractivity contribution < 1.29 is 8.42 Å². The molecule has 0 aliphatic rings. The molecule has 0 bridgehead atoms. The van der Waals surface area contributed by atoms with E-state index >= 15 is 0 Å². The van der Waals surface area contributed by atoms with E-state index in [1.807, 2.05) is 13.0 Å². The van der Waals surface area contributed by atoms with Gasteiger partial charge in [-0.3, -0.25) is 0 Å². The average molecular weight is 375 g/mol. The highest BCUT2D eigenvalue weighted by Crippen LogP contribution is 2.24. The molecule has 8 heteroatoms. The molecule has 0 unspecified atom stereocenters. The second-order valence-electron chi connectivity index (χ2n) is 5.77. The molecule has 0 saturated heterocycles. The van der Waals surface area contributed by atoms with Gasteiger partial charge in [0.2, 0.25) is 0 Å². The SMILES string of the molecule is CCNC(=NCc1ccc(S(=O)(=O)N(C)C)s1)NCC(CC)CC. The first-order valence-corrected chi connectivity index (χ1v) is 10.6. The number of nitrogens with one attached hydrogen (secondary N) is 2. The van der Waals surface area contributed by atoms with Crippen molar-refractivity contribution in [2.75, 3.05) is 27.2 Å². The first-order valence-electron chi connectivity index (χ1n) is 8.38. The minimum Gasteiger partial charge on any atom is -0.357 e. The molecule has 0 spiro atoms. The van der Waals surface area contributed by atoms with Crippen molar-refractivity contribution in [3.05, 3.63) is 17.0 Å². The molecule has 24 heavy (non-hydrogen) atoms. The maximum absolute atomic E-state index is 12.1. The molecule has 0 radical (unpaired) electrons. The standard InChI is InChI=1S/C16H30N4O2S2/c1-6-13(7-2)11-18-16(17-8-3)19-12-14-9-10-15(23-14)24(21,22)20(4)5/h9-10,13H,6-8,11-12H2,1-5H3,(H2,17,18,19). The van der Waals surface area contributed by atoms with Crippen LogP contribution in [0.1, 0.15) is 38.5 Å². The minimum absolute atomic E-state index is 0.354. The second kappa shape index (κ2) is 10.0. The Labute approximate surface area is 150 Å². The summed E-state index contributed by atoms with van der Waals surface area (Å²) in [5.74, 6) is 1.40. The number of guanidine groups is 1. The summed E-state index contributed by atoms with van der Waals surface area (Å²) in [7, 11) is -0.282. The molecule has 0 saturated carbocycles. The zero-order valence-electron chi connectivity index (χ0n) is 15.3. The molecule has 138 valence electrons. The van der Waals surface area contributed by atoms with Gasteiger partial charge in [-0.1, -0.05) is 26.7 Å². The molecule has 6 nitrogen and oxygen atoms in total. The summed E-state index contributed by atoms with van der Waals surface area (Å²) < 4.78 is 25.8. The van der Waals surface area contributed by atoms with E-state index in [0.29, 0.717) is 16.7 Å². The van der Waals surface area contributed by atoms with Gasteiger partial charge < -0.3 is 10.6 Å². The lowest BCUT2D eigenvalue weighted by Crippen LogP contribution is -2.39. The maximum atomic E-state index is 12.1. The third-order valence-electron chi connectivity index (χ3n) is 3.82. The summed E-state index contributed by atoms with van der Waals surface area (Å²) >= 11 is 1.27. The minimum atomic E-state index is -3.36. The molecule has 0 aliphatic carbocycles. The summed E-state index contributed by atoms with van der Waals surface area (Å²) in [6.07, 6.45) is 2.28. The van der Waals surface area contributed by atoms with Gasteiger partial charge >= 0.3 is 0 Å². The van der Waals surface area contributed by atoms with E-state index in [9.17, 15) is 8.42 Å². The van der Waals surface area contributed by atoms with Gasteiger partial charge in [-0.05, 0) is 25.0 Å². The highest BCUT2D eigenvalue weighted by Gasteiger charge is 2.19. The fourth-order valence-electron chi connectivity index (χ4n) is 2.08. The lowest BCUT2D eigenvalue weighted by molar-refractivity contribution is 0.481. The monoisotopic (exact) mass is 374 g/mol. The molecule has 1 aromatic rings. The van der Waals surface area contributed by atoms with Crippen LogP contribution in [0.2, 0.25) is 0 Å². The Balaban J connectivity index is 2.75. The second-order valence-corrected chi connectivity index (χ2v) is 9.31. The van der Waals surface area contributed by atoms with Gasteiger partial charge in [-0.25, -0.2) is 17.7 Å². The van der Waals surface area contributed by atoms with E-state index in [1.54, 1.807) is 6.07 Å². The van der Waals surface area contributed by atoms with E-state index < -0.39 is 10.0 Å². The van der Waals surface area contributed by atoms with E-state index in [1.165, 1.54) is 29.7 Å². The number of hydrogen-bond donors (Lipinski definition) is 2. The van der Waals surface area contributed by atoms with Crippen LogP contribution in [0.15, 0.2) is 21.3 Å². The summed E-state index contributed by atoms with van der Waals surface area (Å²) in [5.41, 5.74) is 0. The third-order valence-corrected chi connectivity index (χ3v) is 7.17. The Morgan fingerprint density at radius 2 is 1.88 bits per heavy atom. The number of hydrogen-bond acceptors (Lipinski definition) is 4. The first kappa shape index (κ1) is 20.9. The van der Waals surface area contributed by atoms with Gasteiger partial charge in [-0.2, -0.15) is 0 Å². The van der Waals surface area contributed by atoms with Crippen molar-refractivity contribution in [1.29, 1.82) is 0 Å². The van der Waals surface area contributed by atoms with Gasteiger partial charge in [0.05, 0.1) is 6.54 Å². The van der Waals surface area contributed by atoms with Crippen LogP contribution >= 0.6 is 11.3 Å². The van der Waals surface area contributed by atoms with Crippen LogP contribution in [0, 0.1) is 5.92 Å². The molecule has 0 aliphatic heterocycles. The molecule has 1 aromatic heterocycles. The fraction of sp³-hybridized carbons (Fsp3) is 0.688. The van der Waals surface area contributed by atoms with Crippen LogP contribution in [0.4, 0.5) is 0 Å². The zero-order chi connectivity index (χ0) is 18.2. The van der Waals surface area contributed by atoms with Crippen molar-refractivity contribution in [3.8, 4) is 0 Å². The highest BCUT2D eigenvalue weighted by molar-refractivity contribution is 7.91. The highest BCUT2D eigenvalue weighted by atomic mass is 32.2. The van der Waals surface area contributed by atoms with Crippen LogP contribution < -0.4 is 10.6 Å². The predicted molar refractivity (Wildman–Crippen MR) is 102 cm³/mol. The molecule has 0 amide bonds. The Kier molecular flexibility index (Phi) is 8.72. The predicted octanol–water partition coefficient (Wildman–Crippen LogP) is 2.49. The first-order chi connectivity index (χ1) is 11.3. The topological polar surface area (TPSA) is 73.8 Å². The van der Waals surface area contributed by atoms with E-state index in [4.69, 9.17) is 0 Å². The number of thiophene rings is 1. The molecule has 2 N–H and O–H groups in total. The van der Waals surface area contributed by atoms with Crippen LogP contribution in [-0.2, 0) is 16.6 Å². The number of nitrogens with zero attached hydrogens (tertiary/aromatic N) is 2. The van der Waals surface area contributed by atoms with Crippen LogP contribution in [0.3, 0.4) is 0 Å². The van der Waals surface area contributed by atoms with Crippen molar-refractivity contribution in [2.24, 2.45) is 10.9 Å². The summed E-state index contributed by atoms with van der Waals surface area (Å²) in [4.78, 5) is 5.49. The molecule has 0 aromatic carbocycles. The maximum Gasteiger partial charge on any atom is 0.252 e. The van der Waals surface area contributed by atoms with Gasteiger partial charge in [0.1, 0.15) is 4.21 Å². The Bertz CT molecular complexity index is 620. The Morgan fingerprint density at radius 3 is 2.42 bits per heavy atom. The average Bonchev–Trinajstić information content (AvgIpc) is 3.02. The van der Waals surface area contributed by atoms with Crippen molar-refractivity contribution >= 4 is 27.3 Å².